The number of hydrogen-bond acceptors (Lipinski definition) is 5. The highest BCUT2D eigenvalue weighted by molar-refractivity contribution is 5.86. The smallest absolute Gasteiger partial charge is 0.325 e. The van der Waals surface area contributed by atoms with Crippen molar-refractivity contribution in [3.8, 4) is 0 Å². The molecule has 0 aliphatic heterocycles. The van der Waals surface area contributed by atoms with Crippen LogP contribution in [0.3, 0.4) is 0 Å². The number of aryl methyl sites for hydroxylation is 1. The van der Waals surface area contributed by atoms with E-state index in [1.54, 1.807) is 7.05 Å². The molecule has 0 bridgehead atoms. The third kappa shape index (κ3) is 4.32. The summed E-state index contributed by atoms with van der Waals surface area (Å²) in [4.78, 5) is 28.4. The van der Waals surface area contributed by atoms with Gasteiger partial charge in [0.2, 0.25) is 5.91 Å². The van der Waals surface area contributed by atoms with Gasteiger partial charge >= 0.3 is 5.97 Å². The van der Waals surface area contributed by atoms with Gasteiger partial charge in [0.1, 0.15) is 12.6 Å². The number of nitrogens with one attached hydrogen (secondary N) is 1. The summed E-state index contributed by atoms with van der Waals surface area (Å²) in [5, 5.41) is 3.95. The molecule has 0 aliphatic rings. The maximum absolute atomic E-state index is 12.2. The Morgan fingerprint density at radius 2 is 1.85 bits per heavy atom. The molecule has 0 aliphatic carbocycles. The fourth-order valence-electron chi connectivity index (χ4n) is 1.71. The quantitative estimate of drug-likeness (QED) is 0.617. The van der Waals surface area contributed by atoms with Crippen LogP contribution in [-0.4, -0.2) is 44.8 Å². The van der Waals surface area contributed by atoms with Gasteiger partial charge in [-0.1, -0.05) is 29.8 Å². The van der Waals surface area contributed by atoms with Crippen LogP contribution in [0.5, 0.6) is 0 Å². The number of hydroxylamine groups is 2. The number of ether oxygens (including phenoxy) is 1. The minimum Gasteiger partial charge on any atom is -0.468 e. The molecule has 1 atom stereocenters. The number of hydrogen-bond donors (Lipinski definition) is 1. The van der Waals surface area contributed by atoms with Crippen molar-refractivity contribution < 1.29 is 19.2 Å². The second-order valence-corrected chi connectivity index (χ2v) is 4.34. The Kier molecular flexibility index (Phi) is 6.14. The van der Waals surface area contributed by atoms with Gasteiger partial charge in [-0.05, 0) is 12.5 Å². The van der Waals surface area contributed by atoms with Gasteiger partial charge in [-0.15, -0.1) is 0 Å². The lowest BCUT2D eigenvalue weighted by Crippen LogP contribution is -2.40. The molecule has 20 heavy (non-hydrogen) atoms. The third-order valence-corrected chi connectivity index (χ3v) is 2.93. The monoisotopic (exact) mass is 280 g/mol. The van der Waals surface area contributed by atoms with Crippen LogP contribution in [0.1, 0.15) is 17.2 Å². The van der Waals surface area contributed by atoms with Crippen LogP contribution in [0.25, 0.3) is 0 Å². The van der Waals surface area contributed by atoms with Crippen molar-refractivity contribution in [2.75, 3.05) is 27.8 Å². The van der Waals surface area contributed by atoms with Crippen molar-refractivity contribution >= 4 is 11.9 Å². The lowest BCUT2D eigenvalue weighted by atomic mass is 10.0. The van der Waals surface area contributed by atoms with E-state index in [-0.39, 0.29) is 12.5 Å². The van der Waals surface area contributed by atoms with E-state index in [1.807, 2.05) is 31.2 Å². The summed E-state index contributed by atoms with van der Waals surface area (Å²) in [6.45, 7) is 1.80. The lowest BCUT2D eigenvalue weighted by Gasteiger charge is -2.25. The van der Waals surface area contributed by atoms with Crippen molar-refractivity contribution in [3.63, 3.8) is 0 Å². The van der Waals surface area contributed by atoms with Crippen molar-refractivity contribution in [2.24, 2.45) is 0 Å². The summed E-state index contributed by atoms with van der Waals surface area (Å²) < 4.78 is 4.49. The van der Waals surface area contributed by atoms with Gasteiger partial charge in [0.05, 0.1) is 14.2 Å². The van der Waals surface area contributed by atoms with Crippen LogP contribution in [0, 0.1) is 6.92 Å². The average molecular weight is 280 g/mol. The molecule has 1 rings (SSSR count). The van der Waals surface area contributed by atoms with Crippen molar-refractivity contribution in [3.05, 3.63) is 35.4 Å². The minimum atomic E-state index is -0.634. The molecular weight excluding hydrogens is 260 g/mol. The van der Waals surface area contributed by atoms with Crippen LogP contribution in [0.15, 0.2) is 24.3 Å². The Labute approximate surface area is 118 Å². The van der Waals surface area contributed by atoms with Gasteiger partial charge in [0.25, 0.3) is 0 Å². The number of likely N-dealkylation sites (N-methyl/N-ethyl adjacent to an activating group) is 1. The molecule has 6 heteroatoms. The lowest BCUT2D eigenvalue weighted by molar-refractivity contribution is -0.163. The summed E-state index contributed by atoms with van der Waals surface area (Å²) in [7, 11) is 4.41. The molecule has 1 unspecified atom stereocenters. The van der Waals surface area contributed by atoms with E-state index >= 15 is 0 Å². The van der Waals surface area contributed by atoms with Crippen molar-refractivity contribution in [2.45, 2.75) is 13.0 Å². The Hall–Kier alpha value is -1.92. The second-order valence-electron chi connectivity index (χ2n) is 4.34. The number of esters is 1. The summed E-state index contributed by atoms with van der Waals surface area (Å²) in [5.41, 5.74) is 1.88. The summed E-state index contributed by atoms with van der Waals surface area (Å²) in [6.07, 6.45) is 0. The van der Waals surface area contributed by atoms with E-state index < -0.39 is 12.0 Å². The molecule has 110 valence electrons. The highest BCUT2D eigenvalue weighted by Gasteiger charge is 2.25. The maximum atomic E-state index is 12.2. The number of methoxy groups -OCH3 is 1. The molecule has 6 nitrogen and oxygen atoms in total. The second kappa shape index (κ2) is 7.62. The molecule has 0 saturated carbocycles. The van der Waals surface area contributed by atoms with Crippen LogP contribution in [0.2, 0.25) is 0 Å². The van der Waals surface area contributed by atoms with Crippen molar-refractivity contribution in [1.29, 1.82) is 0 Å². The predicted molar refractivity (Wildman–Crippen MR) is 73.7 cm³/mol. The van der Waals surface area contributed by atoms with Crippen molar-refractivity contribution in [1.82, 2.24) is 10.4 Å². The molecule has 1 amide bonds. The number of nitrogens with zero attached hydrogens (tertiary/aromatic N) is 1. The first-order valence-corrected chi connectivity index (χ1v) is 6.17. The number of amides is 1. The highest BCUT2D eigenvalue weighted by Crippen LogP contribution is 2.20. The Morgan fingerprint density at radius 1 is 1.25 bits per heavy atom. The van der Waals surface area contributed by atoms with Gasteiger partial charge in [-0.2, -0.15) is 5.06 Å². The fraction of sp³-hybridized carbons (Fsp3) is 0.429. The van der Waals surface area contributed by atoms with Crippen LogP contribution >= 0.6 is 0 Å². The van der Waals surface area contributed by atoms with Gasteiger partial charge in [0, 0.05) is 7.05 Å². The van der Waals surface area contributed by atoms with E-state index in [2.05, 4.69) is 10.1 Å². The largest absolute Gasteiger partial charge is 0.468 e. The maximum Gasteiger partial charge on any atom is 0.325 e. The minimum absolute atomic E-state index is 0.171. The number of carbonyl (C=O) groups excluding carboxylic acids is 2. The number of rotatable bonds is 6. The van der Waals surface area contributed by atoms with Crippen LogP contribution in [-0.2, 0) is 19.2 Å². The van der Waals surface area contributed by atoms with Gasteiger partial charge in [-0.3, -0.25) is 9.59 Å². The molecule has 0 spiro atoms. The molecular formula is C14H20N2O4. The molecule has 0 radical (unpaired) electrons. The highest BCUT2D eigenvalue weighted by atomic mass is 16.7. The zero-order valence-corrected chi connectivity index (χ0v) is 12.2. The van der Waals surface area contributed by atoms with Gasteiger partial charge < -0.3 is 14.9 Å². The van der Waals surface area contributed by atoms with E-state index in [4.69, 9.17) is 4.84 Å². The SMILES string of the molecule is COC(=O)CNC(=O)C(c1ccc(C)cc1)N(C)OC. The van der Waals surface area contributed by atoms with E-state index in [1.165, 1.54) is 19.3 Å². The first kappa shape index (κ1) is 16.1. The topological polar surface area (TPSA) is 67.9 Å². The van der Waals surface area contributed by atoms with Crippen LogP contribution < -0.4 is 5.32 Å². The first-order valence-electron chi connectivity index (χ1n) is 6.17. The molecule has 0 aromatic heterocycles. The molecule has 1 aromatic rings. The van der Waals surface area contributed by atoms with E-state index in [0.29, 0.717) is 0 Å². The molecule has 0 heterocycles. The van der Waals surface area contributed by atoms with E-state index in [9.17, 15) is 9.59 Å². The van der Waals surface area contributed by atoms with Gasteiger partial charge in [-0.25, -0.2) is 0 Å². The summed E-state index contributed by atoms with van der Waals surface area (Å²) in [5.74, 6) is -0.829. The molecule has 0 fully saturated rings. The number of carbonyl (C=O) groups is 2. The zero-order chi connectivity index (χ0) is 15.1. The van der Waals surface area contributed by atoms with Crippen LogP contribution in [0.4, 0.5) is 0 Å². The standard InChI is InChI=1S/C14H20N2O4/c1-10-5-7-11(8-6-10)13(16(2)20-4)14(18)15-9-12(17)19-3/h5-8,13H,9H2,1-4H3,(H,15,18). The average Bonchev–Trinajstić information content (AvgIpc) is 2.46. The zero-order valence-electron chi connectivity index (χ0n) is 12.2. The normalized spacial score (nSPS) is 12.1. The van der Waals surface area contributed by atoms with E-state index in [0.717, 1.165) is 11.1 Å². The summed E-state index contributed by atoms with van der Waals surface area (Å²) in [6, 6.07) is 6.91. The molecule has 0 saturated heterocycles. The number of benzene rings is 1. The fourth-order valence-corrected chi connectivity index (χ4v) is 1.71. The summed E-state index contributed by atoms with van der Waals surface area (Å²) >= 11 is 0. The third-order valence-electron chi connectivity index (χ3n) is 2.93. The predicted octanol–water partition coefficient (Wildman–Crippen LogP) is 0.819. The Morgan fingerprint density at radius 3 is 2.35 bits per heavy atom. The first-order chi connectivity index (χ1) is 9.49. The van der Waals surface area contributed by atoms with Gasteiger partial charge in [0.15, 0.2) is 0 Å². The Balaban J connectivity index is 2.86. The Bertz CT molecular complexity index is 459. The molecule has 1 N–H and O–H groups in total. The molecule has 1 aromatic carbocycles.